The van der Waals surface area contributed by atoms with Crippen molar-refractivity contribution >= 4 is 83.8 Å². The first kappa shape index (κ1) is 41.5. The number of H-pyrrole nitrogens is 1. The third-order valence-electron chi connectivity index (χ3n) is 11.9. The summed E-state index contributed by atoms with van der Waals surface area (Å²) in [7, 11) is 0. The maximum atomic E-state index is 14.3. The number of carbonyl (C=O) groups is 2. The van der Waals surface area contributed by atoms with Gasteiger partial charge in [0.05, 0.1) is 43.0 Å². The minimum atomic E-state index is -0.266. The molecule has 0 spiro atoms. The van der Waals surface area contributed by atoms with E-state index in [2.05, 4.69) is 97.9 Å². The van der Waals surface area contributed by atoms with Gasteiger partial charge < -0.3 is 15.6 Å². The summed E-state index contributed by atoms with van der Waals surface area (Å²) < 4.78 is 2.05. The molecule has 1 aliphatic rings. The number of amides is 2. The number of aliphatic imine (C=N–C) groups is 1. The molecule has 6 aromatic carbocycles. The molecule has 318 valence electrons. The van der Waals surface area contributed by atoms with Crippen LogP contribution in [0.4, 0.5) is 5.82 Å². The van der Waals surface area contributed by atoms with E-state index >= 15 is 0 Å². The third kappa shape index (κ3) is 7.81. The van der Waals surface area contributed by atoms with Crippen molar-refractivity contribution in [2.45, 2.75) is 41.5 Å². The van der Waals surface area contributed by atoms with Crippen LogP contribution in [-0.2, 0) is 0 Å². The Bertz CT molecular complexity index is 3440. The van der Waals surface area contributed by atoms with Crippen molar-refractivity contribution in [3.8, 4) is 21.7 Å². The Morgan fingerprint density at radius 2 is 1.06 bits per heavy atom. The monoisotopic (exact) mass is 884 g/mol. The Labute approximate surface area is 385 Å². The van der Waals surface area contributed by atoms with Gasteiger partial charge in [0.25, 0.3) is 11.8 Å². The van der Waals surface area contributed by atoms with Crippen molar-refractivity contribution in [3.63, 3.8) is 0 Å². The van der Waals surface area contributed by atoms with Gasteiger partial charge in [-0.3, -0.25) is 9.59 Å². The molecule has 3 N–H and O–H groups in total. The first-order chi connectivity index (χ1) is 31.5. The maximum Gasteiger partial charge on any atom is 0.257 e. The summed E-state index contributed by atoms with van der Waals surface area (Å²) in [6.07, 6.45) is 2.05. The third-order valence-corrected chi connectivity index (χ3v) is 14.0. The zero-order valence-electron chi connectivity index (χ0n) is 36.8. The van der Waals surface area contributed by atoms with Crippen LogP contribution in [0.25, 0.3) is 59.4 Å². The Kier molecular flexibility index (Phi) is 10.8. The summed E-state index contributed by atoms with van der Waals surface area (Å²) in [5.74, 6) is 0.405. The van der Waals surface area contributed by atoms with Crippen LogP contribution in [-0.4, -0.2) is 32.6 Å². The normalized spacial score (nSPS) is 13.3. The van der Waals surface area contributed by atoms with Crippen molar-refractivity contribution in [2.24, 2.45) is 4.99 Å². The number of aromatic amines is 1. The van der Waals surface area contributed by atoms with E-state index < -0.39 is 0 Å². The molecule has 65 heavy (non-hydrogen) atoms. The van der Waals surface area contributed by atoms with Gasteiger partial charge in [-0.15, -0.1) is 22.7 Å². The summed E-state index contributed by atoms with van der Waals surface area (Å²) in [4.78, 5) is 48.2. The summed E-state index contributed by atoms with van der Waals surface area (Å²) in [5.41, 5.74) is 15.3. The number of amidine groups is 1. The van der Waals surface area contributed by atoms with Crippen LogP contribution >= 0.6 is 22.7 Å². The minimum absolute atomic E-state index is 0.243. The van der Waals surface area contributed by atoms with Crippen LogP contribution in [0.2, 0.25) is 0 Å². The maximum absolute atomic E-state index is 14.3. The second-order valence-electron chi connectivity index (χ2n) is 16.6. The van der Waals surface area contributed by atoms with E-state index in [-0.39, 0.29) is 11.8 Å². The van der Waals surface area contributed by atoms with E-state index in [9.17, 15) is 9.59 Å². The largest absolute Gasteiger partial charge is 0.341 e. The van der Waals surface area contributed by atoms with E-state index in [1.54, 1.807) is 22.7 Å². The van der Waals surface area contributed by atoms with E-state index in [4.69, 9.17) is 15.0 Å². The highest BCUT2D eigenvalue weighted by atomic mass is 32.1. The highest BCUT2D eigenvalue weighted by molar-refractivity contribution is 7.21. The van der Waals surface area contributed by atoms with Crippen LogP contribution in [0.15, 0.2) is 144 Å². The molecule has 4 heterocycles. The summed E-state index contributed by atoms with van der Waals surface area (Å²) >= 11 is 3.14. The molecule has 0 saturated heterocycles. The van der Waals surface area contributed by atoms with Gasteiger partial charge in [-0.25, -0.2) is 15.0 Å². The summed E-state index contributed by atoms with van der Waals surface area (Å²) in [6, 6.07) is 44.1. The van der Waals surface area contributed by atoms with Crippen LogP contribution in [0.3, 0.4) is 0 Å². The topological polar surface area (TPSA) is 112 Å². The van der Waals surface area contributed by atoms with Gasteiger partial charge in [-0.05, 0) is 117 Å². The highest BCUT2D eigenvalue weighted by Crippen LogP contribution is 2.48. The zero-order valence-corrected chi connectivity index (χ0v) is 38.4. The molecule has 3 aromatic heterocycles. The molecule has 0 atom stereocenters. The number of hydrogen-bond acceptors (Lipinski definition) is 7. The van der Waals surface area contributed by atoms with Crippen LogP contribution in [0, 0.1) is 41.5 Å². The Morgan fingerprint density at radius 3 is 1.68 bits per heavy atom. The number of para-hydroxylation sites is 2. The van der Waals surface area contributed by atoms with Crippen LogP contribution < -0.4 is 10.6 Å². The molecule has 10 heteroatoms. The number of carbonyl (C=O) groups excluding carboxylic acids is 2. The highest BCUT2D eigenvalue weighted by Gasteiger charge is 2.33. The van der Waals surface area contributed by atoms with Crippen LogP contribution in [0.5, 0.6) is 0 Å². The van der Waals surface area contributed by atoms with Gasteiger partial charge in [0, 0.05) is 22.3 Å². The number of aromatic nitrogens is 3. The number of allylic oxidation sites excluding steroid dienone is 1. The van der Waals surface area contributed by atoms with Gasteiger partial charge in [0.15, 0.2) is 0 Å². The number of nitrogens with zero attached hydrogens (tertiary/aromatic N) is 3. The Morgan fingerprint density at radius 1 is 0.538 bits per heavy atom. The smallest absolute Gasteiger partial charge is 0.257 e. The lowest BCUT2D eigenvalue weighted by Crippen LogP contribution is -2.31. The number of hydrogen-bond donors (Lipinski definition) is 3. The predicted octanol–water partition coefficient (Wildman–Crippen LogP) is 13.5. The number of anilines is 1. The fraction of sp³-hybridized carbons (Fsp3) is 0.109. The average Bonchev–Trinajstić information content (AvgIpc) is 4.08. The van der Waals surface area contributed by atoms with Crippen molar-refractivity contribution in [1.82, 2.24) is 20.3 Å². The Balaban J connectivity index is 1.28. The minimum Gasteiger partial charge on any atom is -0.341 e. The number of benzene rings is 6. The number of thiazole rings is 2. The predicted molar refractivity (Wildman–Crippen MR) is 270 cm³/mol. The Hall–Kier alpha value is -7.53. The van der Waals surface area contributed by atoms with Gasteiger partial charge in [0.2, 0.25) is 0 Å². The molecule has 0 radical (unpaired) electrons. The van der Waals surface area contributed by atoms with Crippen molar-refractivity contribution in [2.75, 3.05) is 5.32 Å². The average molecular weight is 885 g/mol. The number of aryl methyl sites for hydroxylation is 6. The first-order valence-electron chi connectivity index (χ1n) is 21.4. The second kappa shape index (κ2) is 16.9. The van der Waals surface area contributed by atoms with E-state index in [0.717, 1.165) is 97.2 Å². The van der Waals surface area contributed by atoms with Gasteiger partial charge in [-0.1, -0.05) is 108 Å². The van der Waals surface area contributed by atoms with E-state index in [0.29, 0.717) is 34.2 Å². The summed E-state index contributed by atoms with van der Waals surface area (Å²) in [5, 5.41) is 8.04. The quantitative estimate of drug-likeness (QED) is 0.141. The van der Waals surface area contributed by atoms with Crippen molar-refractivity contribution < 1.29 is 9.59 Å². The number of rotatable bonds is 8. The molecule has 0 fully saturated rings. The van der Waals surface area contributed by atoms with Gasteiger partial charge in [0.1, 0.15) is 21.7 Å². The lowest BCUT2D eigenvalue weighted by molar-refractivity contribution is 0.0975. The molecule has 0 aliphatic carbocycles. The second-order valence-corrected chi connectivity index (χ2v) is 18.6. The standard InChI is InChI=1S/C55H44N6O2S2/c1-30-23-25-34(5)38(27-30)46-42(56-50(60-52(62)36-17-9-7-15-32(36)3)48(46)54-58-40-19-11-13-21-44(40)64-54)29-43-47(39-28-31(2)24-26-35(39)6)49(55-59-41-20-12-14-22-45(41)65-55)51(57-43)61-53(63)37-18-10-8-16-33(37)4/h7-29,56H,1-6H3,(H,60,62)(H,57,61,63). The molecule has 0 bridgehead atoms. The molecule has 10 rings (SSSR count). The van der Waals surface area contributed by atoms with E-state index in [1.165, 1.54) is 0 Å². The van der Waals surface area contributed by atoms with Crippen LogP contribution in [0.1, 0.15) is 70.4 Å². The molecular weight excluding hydrogens is 841 g/mol. The van der Waals surface area contributed by atoms with Gasteiger partial charge >= 0.3 is 0 Å². The fourth-order valence-corrected chi connectivity index (χ4v) is 10.5. The molecular formula is C55H44N6O2S2. The fourth-order valence-electron chi connectivity index (χ4n) is 8.49. The molecule has 1 aliphatic heterocycles. The molecule has 9 aromatic rings. The van der Waals surface area contributed by atoms with E-state index in [1.807, 2.05) is 98.8 Å². The lowest BCUT2D eigenvalue weighted by Gasteiger charge is -2.14. The number of nitrogens with one attached hydrogen (secondary N) is 3. The van der Waals surface area contributed by atoms with Crippen molar-refractivity contribution in [1.29, 1.82) is 0 Å². The number of fused-ring (bicyclic) bond motifs is 2. The van der Waals surface area contributed by atoms with Gasteiger partial charge in [-0.2, -0.15) is 0 Å². The van der Waals surface area contributed by atoms with Crippen molar-refractivity contribution in [3.05, 3.63) is 200 Å². The first-order valence-corrected chi connectivity index (χ1v) is 23.1. The SMILES string of the molecule is Cc1ccc(C)c(C2=C(c3nc4ccccc4s3)C(NC(=O)c3ccccc3C)=NC2=Cc2[nH]c(NC(=O)c3ccccc3C)c(-c3nc4ccccc4s3)c2-c2cc(C)ccc2C)c1. The lowest BCUT2D eigenvalue weighted by atomic mass is 9.91. The molecule has 2 amide bonds. The molecule has 8 nitrogen and oxygen atoms in total. The zero-order chi connectivity index (χ0) is 44.9. The molecule has 0 saturated carbocycles. The summed E-state index contributed by atoms with van der Waals surface area (Å²) in [6.45, 7) is 12.2. The molecule has 0 unspecified atom stereocenters.